The Kier molecular flexibility index (Phi) is 6.17. The molecule has 2 aromatic heterocycles. The number of anilines is 1. The summed E-state index contributed by atoms with van der Waals surface area (Å²) in [5.41, 5.74) is 2.10. The van der Waals surface area contributed by atoms with Crippen molar-refractivity contribution in [3.05, 3.63) is 72.1 Å². The fraction of sp³-hybridized carbons (Fsp3) is 0.304. The summed E-state index contributed by atoms with van der Waals surface area (Å²) in [4.78, 5) is 2.23. The third-order valence-corrected chi connectivity index (χ3v) is 6.33. The molecule has 0 spiro atoms. The van der Waals surface area contributed by atoms with Crippen molar-refractivity contribution in [2.24, 2.45) is 0 Å². The first kappa shape index (κ1) is 20.7. The summed E-state index contributed by atoms with van der Waals surface area (Å²) in [6.07, 6.45) is 0. The summed E-state index contributed by atoms with van der Waals surface area (Å²) in [5.74, 6) is 1.95. The minimum atomic E-state index is -0.0729. The number of rotatable bonds is 7. The molecule has 9 heteroatoms. The molecule has 5 rings (SSSR count). The summed E-state index contributed by atoms with van der Waals surface area (Å²) in [6, 6.07) is 20.1. The first-order valence-corrected chi connectivity index (χ1v) is 11.5. The second kappa shape index (κ2) is 9.54. The molecule has 0 unspecified atom stereocenters. The Labute approximate surface area is 190 Å². The lowest BCUT2D eigenvalue weighted by Crippen LogP contribution is -2.38. The van der Waals surface area contributed by atoms with Crippen LogP contribution in [0.2, 0.25) is 0 Å². The van der Waals surface area contributed by atoms with Gasteiger partial charge in [-0.05, 0) is 24.6 Å². The topological polar surface area (TPSA) is 82.1 Å². The molecule has 0 bridgehead atoms. The second-order valence-corrected chi connectivity index (χ2v) is 8.83. The average Bonchev–Trinajstić information content (AvgIpc) is 3.49. The van der Waals surface area contributed by atoms with Crippen LogP contribution >= 0.6 is 11.8 Å². The maximum Gasteiger partial charge on any atom is 0.247 e. The molecule has 1 atom stereocenters. The summed E-state index contributed by atoms with van der Waals surface area (Å²) < 4.78 is 13.6. The third kappa shape index (κ3) is 4.53. The van der Waals surface area contributed by atoms with E-state index in [1.54, 1.807) is 11.8 Å². The fourth-order valence-electron chi connectivity index (χ4n) is 3.57. The van der Waals surface area contributed by atoms with Crippen LogP contribution in [-0.2, 0) is 11.3 Å². The van der Waals surface area contributed by atoms with E-state index < -0.39 is 0 Å². The maximum absolute atomic E-state index is 5.96. The molecule has 1 aliphatic rings. The molecular formula is C23H24N6O2S. The quantitative estimate of drug-likeness (QED) is 0.392. The lowest BCUT2D eigenvalue weighted by atomic mass is 10.2. The van der Waals surface area contributed by atoms with Gasteiger partial charge in [0.15, 0.2) is 5.16 Å². The van der Waals surface area contributed by atoms with Gasteiger partial charge in [0.25, 0.3) is 0 Å². The van der Waals surface area contributed by atoms with Crippen molar-refractivity contribution in [1.29, 1.82) is 0 Å². The predicted octanol–water partition coefficient (Wildman–Crippen LogP) is 4.07. The molecule has 0 amide bonds. The van der Waals surface area contributed by atoms with Crippen LogP contribution in [0.1, 0.15) is 23.6 Å². The van der Waals surface area contributed by atoms with Crippen molar-refractivity contribution in [1.82, 2.24) is 25.0 Å². The second-order valence-electron chi connectivity index (χ2n) is 7.53. The normalized spacial score (nSPS) is 15.1. The first-order chi connectivity index (χ1) is 15.8. The van der Waals surface area contributed by atoms with Gasteiger partial charge in [0.1, 0.15) is 0 Å². The number of ether oxygens (including phenoxy) is 1. The first-order valence-electron chi connectivity index (χ1n) is 10.6. The molecule has 3 heterocycles. The highest BCUT2D eigenvalue weighted by Crippen LogP contribution is 2.36. The van der Waals surface area contributed by atoms with E-state index in [0.717, 1.165) is 29.8 Å². The van der Waals surface area contributed by atoms with E-state index in [1.165, 1.54) is 5.56 Å². The monoisotopic (exact) mass is 448 g/mol. The van der Waals surface area contributed by atoms with Crippen LogP contribution in [0, 0.1) is 0 Å². The van der Waals surface area contributed by atoms with E-state index in [0.29, 0.717) is 31.5 Å². The molecule has 2 aromatic carbocycles. The Bertz CT molecular complexity index is 1140. The number of hydrogen-bond acceptors (Lipinski definition) is 8. The smallest absolute Gasteiger partial charge is 0.247 e. The molecule has 0 aliphatic carbocycles. The summed E-state index contributed by atoms with van der Waals surface area (Å²) in [6.45, 7) is 5.73. The van der Waals surface area contributed by atoms with Gasteiger partial charge in [-0.2, -0.15) is 0 Å². The number of thioether (sulfide) groups is 1. The molecule has 164 valence electrons. The molecule has 8 nitrogen and oxygen atoms in total. The summed E-state index contributed by atoms with van der Waals surface area (Å²) in [7, 11) is 0. The van der Waals surface area contributed by atoms with E-state index in [1.807, 2.05) is 55.5 Å². The molecule has 32 heavy (non-hydrogen) atoms. The van der Waals surface area contributed by atoms with Gasteiger partial charge < -0.3 is 14.1 Å². The predicted molar refractivity (Wildman–Crippen MR) is 123 cm³/mol. The zero-order chi connectivity index (χ0) is 21.8. The molecule has 1 aliphatic heterocycles. The minimum absolute atomic E-state index is 0.0729. The Morgan fingerprint density at radius 2 is 1.62 bits per heavy atom. The van der Waals surface area contributed by atoms with Crippen LogP contribution < -0.4 is 4.90 Å². The average molecular weight is 449 g/mol. The molecule has 1 saturated heterocycles. The molecule has 0 radical (unpaired) electrons. The van der Waals surface area contributed by atoms with E-state index in [9.17, 15) is 0 Å². The van der Waals surface area contributed by atoms with Crippen LogP contribution in [0.15, 0.2) is 70.2 Å². The van der Waals surface area contributed by atoms with Gasteiger partial charge in [0.05, 0.1) is 25.0 Å². The van der Waals surface area contributed by atoms with E-state index in [-0.39, 0.29) is 5.25 Å². The fourth-order valence-corrected chi connectivity index (χ4v) is 4.45. The van der Waals surface area contributed by atoms with Gasteiger partial charge in [-0.25, -0.2) is 0 Å². The summed E-state index contributed by atoms with van der Waals surface area (Å²) >= 11 is 1.57. The summed E-state index contributed by atoms with van der Waals surface area (Å²) in [5, 5.41) is 18.3. The number of nitrogens with zero attached hydrogens (tertiary/aromatic N) is 6. The van der Waals surface area contributed by atoms with E-state index in [2.05, 4.69) is 42.0 Å². The van der Waals surface area contributed by atoms with Crippen molar-refractivity contribution in [2.75, 3.05) is 31.2 Å². The third-order valence-electron chi connectivity index (χ3n) is 5.27. The number of hydrogen-bond donors (Lipinski definition) is 0. The Hall–Kier alpha value is -3.17. The van der Waals surface area contributed by atoms with Crippen molar-refractivity contribution in [2.45, 2.75) is 23.9 Å². The zero-order valence-electron chi connectivity index (χ0n) is 17.8. The van der Waals surface area contributed by atoms with Gasteiger partial charge in [-0.15, -0.1) is 20.4 Å². The van der Waals surface area contributed by atoms with Crippen LogP contribution in [0.4, 0.5) is 5.95 Å². The number of benzene rings is 2. The molecular weight excluding hydrogens is 424 g/mol. The highest BCUT2D eigenvalue weighted by atomic mass is 32.2. The Balaban J connectivity index is 1.40. The molecule has 0 N–H and O–H groups in total. The zero-order valence-corrected chi connectivity index (χ0v) is 18.6. The van der Waals surface area contributed by atoms with Gasteiger partial charge in [-0.1, -0.05) is 60.3 Å². The van der Waals surface area contributed by atoms with Crippen LogP contribution in [0.5, 0.6) is 0 Å². The number of aromatic nitrogens is 5. The lowest BCUT2D eigenvalue weighted by Gasteiger charge is -2.28. The molecule has 4 aromatic rings. The Morgan fingerprint density at radius 3 is 2.38 bits per heavy atom. The van der Waals surface area contributed by atoms with Crippen molar-refractivity contribution >= 4 is 17.7 Å². The number of morpholine rings is 1. The van der Waals surface area contributed by atoms with Crippen LogP contribution in [-0.4, -0.2) is 51.3 Å². The van der Waals surface area contributed by atoms with Crippen LogP contribution in [0.25, 0.3) is 11.5 Å². The Morgan fingerprint density at radius 1 is 0.906 bits per heavy atom. The molecule has 1 fully saturated rings. The van der Waals surface area contributed by atoms with Crippen LogP contribution in [0.3, 0.4) is 0 Å². The van der Waals surface area contributed by atoms with Gasteiger partial charge in [-0.3, -0.25) is 4.57 Å². The van der Waals surface area contributed by atoms with Crippen molar-refractivity contribution in [3.63, 3.8) is 0 Å². The van der Waals surface area contributed by atoms with Gasteiger partial charge in [0.2, 0.25) is 17.7 Å². The largest absolute Gasteiger partial charge is 0.419 e. The van der Waals surface area contributed by atoms with Gasteiger partial charge in [0, 0.05) is 18.7 Å². The minimum Gasteiger partial charge on any atom is -0.419 e. The standard InChI is InChI=1S/C23H24N6O2S/c1-17(20-24-25-21(31-20)19-10-6-3-7-11-19)32-23-27-26-22(28-12-14-30-15-13-28)29(23)16-18-8-4-2-5-9-18/h2-11,17H,12-16H2,1H3/t17-/m0/s1. The van der Waals surface area contributed by atoms with Gasteiger partial charge >= 0.3 is 0 Å². The van der Waals surface area contributed by atoms with Crippen molar-refractivity contribution in [3.8, 4) is 11.5 Å². The van der Waals surface area contributed by atoms with E-state index in [4.69, 9.17) is 9.15 Å². The highest BCUT2D eigenvalue weighted by Gasteiger charge is 2.24. The molecule has 0 saturated carbocycles. The van der Waals surface area contributed by atoms with Crippen molar-refractivity contribution < 1.29 is 9.15 Å². The maximum atomic E-state index is 5.96. The lowest BCUT2D eigenvalue weighted by molar-refractivity contribution is 0.121. The highest BCUT2D eigenvalue weighted by molar-refractivity contribution is 7.99. The SMILES string of the molecule is C[C@H](Sc1nnc(N2CCOCC2)n1Cc1ccccc1)c1nnc(-c2ccccc2)o1. The van der Waals surface area contributed by atoms with E-state index >= 15 is 0 Å².